The molecule has 5 aromatic rings. The van der Waals surface area contributed by atoms with Crippen LogP contribution in [0.3, 0.4) is 0 Å². The van der Waals surface area contributed by atoms with Crippen LogP contribution in [0.25, 0.3) is 22.0 Å². The number of anilines is 3. The van der Waals surface area contributed by atoms with Crippen LogP contribution in [0.5, 0.6) is 5.75 Å². The number of hydrogen-bond acceptors (Lipinski definition) is 5. The van der Waals surface area contributed by atoms with Gasteiger partial charge < -0.3 is 21.1 Å². The lowest BCUT2D eigenvalue weighted by Gasteiger charge is -2.11. The maximum absolute atomic E-state index is 13.3. The molecule has 0 aliphatic carbocycles. The number of carbonyl (C=O) groups is 1. The number of nitrogens with one attached hydrogen (secondary N) is 3. The number of hydrogen-bond donors (Lipinski definition) is 4. The molecule has 192 valence electrons. The summed E-state index contributed by atoms with van der Waals surface area (Å²) in [5, 5.41) is 13.2. The van der Waals surface area contributed by atoms with Crippen LogP contribution in [0.2, 0.25) is 5.02 Å². The molecule has 0 unspecified atom stereocenters. The Morgan fingerprint density at radius 1 is 1.05 bits per heavy atom. The Morgan fingerprint density at radius 3 is 2.61 bits per heavy atom. The number of H-pyrrole nitrogens is 1. The molecule has 0 radical (unpaired) electrons. The number of aryl methyl sites for hydroxylation is 1. The number of carbonyl (C=O) groups excluding carboxylic acids is 1. The average Bonchev–Trinajstić information content (AvgIpc) is 3.32. The van der Waals surface area contributed by atoms with Crippen molar-refractivity contribution in [1.29, 1.82) is 0 Å². The first-order valence-corrected chi connectivity index (χ1v) is 12.3. The van der Waals surface area contributed by atoms with Crippen molar-refractivity contribution < 1.29 is 13.9 Å². The summed E-state index contributed by atoms with van der Waals surface area (Å²) in [4.78, 5) is 16.5. The zero-order valence-electron chi connectivity index (χ0n) is 20.2. The second kappa shape index (κ2) is 11.2. The van der Waals surface area contributed by atoms with Gasteiger partial charge in [0, 0.05) is 23.8 Å². The van der Waals surface area contributed by atoms with Gasteiger partial charge in [0.2, 0.25) is 0 Å². The van der Waals surface area contributed by atoms with Crippen molar-refractivity contribution in [3.8, 4) is 16.9 Å². The van der Waals surface area contributed by atoms with E-state index in [9.17, 15) is 9.18 Å². The van der Waals surface area contributed by atoms with Crippen LogP contribution in [0.15, 0.2) is 79.1 Å². The van der Waals surface area contributed by atoms with Gasteiger partial charge in [-0.05, 0) is 78.1 Å². The predicted molar refractivity (Wildman–Crippen MR) is 148 cm³/mol. The first kappa shape index (κ1) is 25.0. The second-order valence-electron chi connectivity index (χ2n) is 8.57. The number of benzene rings is 3. The minimum Gasteiger partial charge on any atom is -0.491 e. The van der Waals surface area contributed by atoms with Gasteiger partial charge in [-0.25, -0.2) is 9.18 Å². The molecule has 2 heterocycles. The Hall–Kier alpha value is -4.63. The third kappa shape index (κ3) is 5.68. The number of fused-ring (bicyclic) bond motifs is 1. The van der Waals surface area contributed by atoms with Crippen LogP contribution >= 0.6 is 11.6 Å². The molecule has 3 aromatic carbocycles. The van der Waals surface area contributed by atoms with Crippen LogP contribution < -0.4 is 21.1 Å². The number of nitrogens with zero attached hydrogens (tertiary/aromatic N) is 2. The van der Waals surface area contributed by atoms with E-state index in [1.165, 1.54) is 18.2 Å². The van der Waals surface area contributed by atoms with Crippen LogP contribution in [0.1, 0.15) is 12.0 Å². The lowest BCUT2D eigenvalue weighted by atomic mass is 10.0. The van der Waals surface area contributed by atoms with E-state index in [-0.39, 0.29) is 5.02 Å². The third-order valence-electron chi connectivity index (χ3n) is 5.93. The molecule has 5 rings (SSSR count). The molecule has 0 aliphatic heterocycles. The average molecular weight is 531 g/mol. The van der Waals surface area contributed by atoms with Crippen molar-refractivity contribution in [2.45, 2.75) is 12.8 Å². The first-order valence-electron chi connectivity index (χ1n) is 11.9. The highest BCUT2D eigenvalue weighted by molar-refractivity contribution is 6.31. The summed E-state index contributed by atoms with van der Waals surface area (Å²) in [7, 11) is 0. The van der Waals surface area contributed by atoms with Gasteiger partial charge in [-0.1, -0.05) is 29.8 Å². The molecular formula is C28H24ClFN6O2. The van der Waals surface area contributed by atoms with Crippen LogP contribution in [-0.2, 0) is 6.42 Å². The summed E-state index contributed by atoms with van der Waals surface area (Å²) < 4.78 is 19.4. The normalized spacial score (nSPS) is 10.9. The van der Waals surface area contributed by atoms with Crippen LogP contribution in [-0.4, -0.2) is 27.8 Å². The number of amides is 2. The number of ether oxygens (including phenoxy) is 1. The summed E-state index contributed by atoms with van der Waals surface area (Å²) in [5.41, 5.74) is 10.8. The zero-order chi connectivity index (χ0) is 26.5. The van der Waals surface area contributed by atoms with E-state index in [1.54, 1.807) is 18.3 Å². The fraction of sp³-hybridized carbons (Fsp3) is 0.107. The number of aromatic amines is 1. The molecule has 0 saturated carbocycles. The summed E-state index contributed by atoms with van der Waals surface area (Å²) in [6.07, 6.45) is 5.33. The van der Waals surface area contributed by atoms with E-state index < -0.39 is 11.8 Å². The van der Waals surface area contributed by atoms with Gasteiger partial charge >= 0.3 is 6.03 Å². The SMILES string of the molecule is Nc1n[nH]c2c(OCCCc3cccnc3)ccc(-c3ccc(NC(=O)Nc4ccc(F)c(Cl)c4)cc3)c12. The summed E-state index contributed by atoms with van der Waals surface area (Å²) >= 11 is 5.77. The fourth-order valence-corrected chi connectivity index (χ4v) is 4.28. The van der Waals surface area contributed by atoms with Crippen LogP contribution in [0.4, 0.5) is 26.4 Å². The van der Waals surface area contributed by atoms with E-state index in [2.05, 4.69) is 25.8 Å². The van der Waals surface area contributed by atoms with Gasteiger partial charge in [0.15, 0.2) is 5.82 Å². The van der Waals surface area contributed by atoms with Gasteiger partial charge in [0.05, 0.1) is 17.0 Å². The molecule has 0 fully saturated rings. The van der Waals surface area contributed by atoms with Crippen molar-refractivity contribution in [1.82, 2.24) is 15.2 Å². The smallest absolute Gasteiger partial charge is 0.323 e. The van der Waals surface area contributed by atoms with Crippen molar-refractivity contribution in [2.24, 2.45) is 0 Å². The van der Waals surface area contributed by atoms with Gasteiger partial charge in [0.1, 0.15) is 17.1 Å². The topological polar surface area (TPSA) is 118 Å². The lowest BCUT2D eigenvalue weighted by molar-refractivity contribution is 0.262. The largest absolute Gasteiger partial charge is 0.491 e. The number of rotatable bonds is 8. The van der Waals surface area contributed by atoms with E-state index in [0.717, 1.165) is 40.4 Å². The minimum atomic E-state index is -0.555. The molecule has 0 spiro atoms. The minimum absolute atomic E-state index is 0.0712. The Bertz CT molecular complexity index is 1570. The Kier molecular flexibility index (Phi) is 7.37. The zero-order valence-corrected chi connectivity index (χ0v) is 20.9. The summed E-state index contributed by atoms with van der Waals surface area (Å²) in [6.45, 7) is 0.537. The second-order valence-corrected chi connectivity index (χ2v) is 8.98. The molecule has 5 N–H and O–H groups in total. The molecule has 2 amide bonds. The molecular weight excluding hydrogens is 507 g/mol. The van der Waals surface area contributed by atoms with Gasteiger partial charge in [-0.15, -0.1) is 0 Å². The highest BCUT2D eigenvalue weighted by Crippen LogP contribution is 2.37. The highest BCUT2D eigenvalue weighted by Gasteiger charge is 2.15. The third-order valence-corrected chi connectivity index (χ3v) is 6.22. The lowest BCUT2D eigenvalue weighted by Crippen LogP contribution is -2.19. The van der Waals surface area contributed by atoms with Crippen LogP contribution in [0, 0.1) is 5.82 Å². The van der Waals surface area contributed by atoms with E-state index in [4.69, 9.17) is 22.1 Å². The Morgan fingerprint density at radius 2 is 1.84 bits per heavy atom. The number of nitrogens with two attached hydrogens (primary N) is 1. The quantitative estimate of drug-likeness (QED) is 0.167. The molecule has 8 nitrogen and oxygen atoms in total. The highest BCUT2D eigenvalue weighted by atomic mass is 35.5. The Labute approximate surface area is 223 Å². The molecule has 0 saturated heterocycles. The summed E-state index contributed by atoms with van der Waals surface area (Å²) in [5.74, 6) is 0.492. The molecule has 38 heavy (non-hydrogen) atoms. The van der Waals surface area contributed by atoms with Gasteiger partial charge in [-0.3, -0.25) is 10.1 Å². The monoisotopic (exact) mass is 530 g/mol. The van der Waals surface area contributed by atoms with Crippen molar-refractivity contribution >= 4 is 45.7 Å². The maximum Gasteiger partial charge on any atom is 0.323 e. The molecule has 0 bridgehead atoms. The standard InChI is InChI=1S/C28H24ClFN6O2/c29-22-15-20(9-11-23(22)30)34-28(37)33-19-7-5-18(6-8-19)21-10-12-24(26-25(21)27(31)36-35-26)38-14-2-4-17-3-1-13-32-16-17/h1,3,5-13,15-16H,2,4,14H2,(H3,31,35,36)(H2,33,34,37). The number of aromatic nitrogens is 3. The number of halogens is 2. The molecule has 0 atom stereocenters. The summed E-state index contributed by atoms with van der Waals surface area (Å²) in [6, 6.07) is 18.6. The molecule has 2 aromatic heterocycles. The fourth-order valence-electron chi connectivity index (χ4n) is 4.10. The van der Waals surface area contributed by atoms with E-state index >= 15 is 0 Å². The van der Waals surface area contributed by atoms with E-state index in [0.29, 0.717) is 29.5 Å². The number of pyridine rings is 1. The molecule has 10 heteroatoms. The number of nitrogen functional groups attached to an aromatic ring is 1. The van der Waals surface area contributed by atoms with Gasteiger partial charge in [0.25, 0.3) is 0 Å². The number of urea groups is 1. The first-order chi connectivity index (χ1) is 18.5. The van der Waals surface area contributed by atoms with E-state index in [1.807, 2.05) is 42.6 Å². The van der Waals surface area contributed by atoms with Crippen molar-refractivity contribution in [2.75, 3.05) is 23.0 Å². The van der Waals surface area contributed by atoms with Crippen molar-refractivity contribution in [3.63, 3.8) is 0 Å². The molecule has 0 aliphatic rings. The van der Waals surface area contributed by atoms with Gasteiger partial charge in [-0.2, -0.15) is 5.10 Å². The predicted octanol–water partition coefficient (Wildman–Crippen LogP) is 6.66. The van der Waals surface area contributed by atoms with Crippen molar-refractivity contribution in [3.05, 3.63) is 95.5 Å². The maximum atomic E-state index is 13.3. The Balaban J connectivity index is 1.26.